The summed E-state index contributed by atoms with van der Waals surface area (Å²) in [6.07, 6.45) is 1.43. The van der Waals surface area contributed by atoms with Crippen LogP contribution in [0.5, 0.6) is 17.2 Å². The summed E-state index contributed by atoms with van der Waals surface area (Å²) in [5, 5.41) is 11.6. The van der Waals surface area contributed by atoms with Crippen molar-refractivity contribution in [3.63, 3.8) is 0 Å². The van der Waals surface area contributed by atoms with Crippen molar-refractivity contribution in [2.45, 2.75) is 0 Å². The van der Waals surface area contributed by atoms with Gasteiger partial charge in [0.15, 0.2) is 0 Å². The third kappa shape index (κ3) is 3.32. The minimum atomic E-state index is -1.12. The van der Waals surface area contributed by atoms with Gasteiger partial charge in [-0.1, -0.05) is 0 Å². The molecule has 114 valence electrons. The quantitative estimate of drug-likeness (QED) is 0.876. The van der Waals surface area contributed by atoms with Crippen LogP contribution in [0.2, 0.25) is 0 Å². The van der Waals surface area contributed by atoms with Gasteiger partial charge >= 0.3 is 5.97 Å². The Kier molecular flexibility index (Phi) is 4.57. The number of benzene rings is 1. The van der Waals surface area contributed by atoms with Crippen LogP contribution in [0.4, 0.5) is 0 Å². The number of carbonyl (C=O) groups is 2. The first-order valence-corrected chi connectivity index (χ1v) is 6.32. The van der Waals surface area contributed by atoms with E-state index >= 15 is 0 Å². The highest BCUT2D eigenvalue weighted by atomic mass is 16.5. The van der Waals surface area contributed by atoms with Gasteiger partial charge in [0, 0.05) is 19.3 Å². The van der Waals surface area contributed by atoms with Gasteiger partial charge in [0.25, 0.3) is 5.91 Å². The zero-order valence-corrected chi connectivity index (χ0v) is 12.0. The molecule has 0 radical (unpaired) electrons. The van der Waals surface area contributed by atoms with Crippen molar-refractivity contribution in [3.05, 3.63) is 47.8 Å². The van der Waals surface area contributed by atoms with Crippen LogP contribution >= 0.6 is 0 Å². The molecule has 2 N–H and O–H groups in total. The van der Waals surface area contributed by atoms with Crippen LogP contribution in [0.15, 0.2) is 36.5 Å². The maximum atomic E-state index is 11.5. The molecule has 2 rings (SSSR count). The molecule has 0 saturated carbocycles. The zero-order valence-electron chi connectivity index (χ0n) is 12.0. The highest BCUT2D eigenvalue weighted by Gasteiger charge is 2.13. The molecule has 0 aliphatic heterocycles. The van der Waals surface area contributed by atoms with Gasteiger partial charge in [-0.3, -0.25) is 9.78 Å². The van der Waals surface area contributed by atoms with E-state index in [2.05, 4.69) is 10.3 Å². The topological polar surface area (TPSA) is 97.8 Å². The van der Waals surface area contributed by atoms with Crippen molar-refractivity contribution in [2.75, 3.05) is 14.2 Å². The third-order valence-electron chi connectivity index (χ3n) is 2.83. The molecular weight excluding hydrogens is 288 g/mol. The maximum absolute atomic E-state index is 11.5. The Bertz CT molecular complexity index is 715. The van der Waals surface area contributed by atoms with Gasteiger partial charge in [-0.05, 0) is 24.3 Å². The summed E-state index contributed by atoms with van der Waals surface area (Å²) in [6.45, 7) is 0. The molecule has 0 bridgehead atoms. The lowest BCUT2D eigenvalue weighted by molar-refractivity contribution is 0.0692. The number of hydrogen-bond donors (Lipinski definition) is 2. The summed E-state index contributed by atoms with van der Waals surface area (Å²) in [6, 6.07) is 7.45. The smallest absolute Gasteiger partial charge is 0.339 e. The van der Waals surface area contributed by atoms with Crippen molar-refractivity contribution in [3.8, 4) is 17.2 Å². The molecule has 0 aliphatic carbocycles. The second-order valence-electron chi connectivity index (χ2n) is 4.23. The van der Waals surface area contributed by atoms with E-state index in [0.29, 0.717) is 11.5 Å². The SMILES string of the molecule is CNC(=O)c1cc(Oc2ccc(OC)c(C(=O)O)c2)ccn1. The lowest BCUT2D eigenvalue weighted by Crippen LogP contribution is -2.18. The monoisotopic (exact) mass is 302 g/mol. The first kappa shape index (κ1) is 15.3. The van der Waals surface area contributed by atoms with Gasteiger partial charge < -0.3 is 19.9 Å². The number of aromatic carboxylic acids is 1. The standard InChI is InChI=1S/C15H14N2O5/c1-16-14(18)12-8-10(5-6-17-12)22-9-3-4-13(21-2)11(7-9)15(19)20/h3-8H,1-2H3,(H,16,18)(H,19,20). The lowest BCUT2D eigenvalue weighted by Gasteiger charge is -2.10. The maximum Gasteiger partial charge on any atom is 0.339 e. The summed E-state index contributed by atoms with van der Waals surface area (Å²) in [5.74, 6) is -0.544. The van der Waals surface area contributed by atoms with Gasteiger partial charge in [-0.15, -0.1) is 0 Å². The minimum absolute atomic E-state index is 0.0134. The van der Waals surface area contributed by atoms with Crippen molar-refractivity contribution in [1.29, 1.82) is 0 Å². The van der Waals surface area contributed by atoms with Gasteiger partial charge in [0.2, 0.25) is 0 Å². The first-order chi connectivity index (χ1) is 10.5. The molecule has 7 nitrogen and oxygen atoms in total. The summed E-state index contributed by atoms with van der Waals surface area (Å²) >= 11 is 0. The molecule has 0 unspecified atom stereocenters. The minimum Gasteiger partial charge on any atom is -0.496 e. The van der Waals surface area contributed by atoms with E-state index in [1.807, 2.05) is 0 Å². The van der Waals surface area contributed by atoms with Gasteiger partial charge in [0.05, 0.1) is 7.11 Å². The number of rotatable bonds is 5. The number of aromatic nitrogens is 1. The van der Waals surface area contributed by atoms with Gasteiger partial charge in [-0.25, -0.2) is 4.79 Å². The number of hydrogen-bond acceptors (Lipinski definition) is 5. The van der Waals surface area contributed by atoms with Crippen LogP contribution in [0.3, 0.4) is 0 Å². The Morgan fingerprint density at radius 2 is 1.91 bits per heavy atom. The normalized spacial score (nSPS) is 9.91. The van der Waals surface area contributed by atoms with Crippen LogP contribution < -0.4 is 14.8 Å². The number of carboxylic acids is 1. The number of pyridine rings is 1. The van der Waals surface area contributed by atoms with E-state index in [4.69, 9.17) is 14.6 Å². The molecule has 1 aromatic heterocycles. The van der Waals surface area contributed by atoms with E-state index in [1.165, 1.54) is 38.6 Å². The Labute approximate surface area is 126 Å². The summed E-state index contributed by atoms with van der Waals surface area (Å²) in [4.78, 5) is 26.6. The average Bonchev–Trinajstić information content (AvgIpc) is 2.54. The van der Waals surface area contributed by atoms with E-state index in [1.54, 1.807) is 12.1 Å². The Morgan fingerprint density at radius 3 is 2.55 bits per heavy atom. The van der Waals surface area contributed by atoms with Crippen LogP contribution in [0.1, 0.15) is 20.8 Å². The summed E-state index contributed by atoms with van der Waals surface area (Å²) < 4.78 is 10.5. The van der Waals surface area contributed by atoms with Crippen molar-refractivity contribution < 1.29 is 24.2 Å². The summed E-state index contributed by atoms with van der Waals surface area (Å²) in [5.41, 5.74) is 0.188. The Hall–Kier alpha value is -3.09. The van der Waals surface area contributed by atoms with Crippen LogP contribution in [0.25, 0.3) is 0 Å². The van der Waals surface area contributed by atoms with Crippen LogP contribution in [-0.4, -0.2) is 36.1 Å². The molecule has 7 heteroatoms. The van der Waals surface area contributed by atoms with Crippen molar-refractivity contribution in [2.24, 2.45) is 0 Å². The number of nitrogens with one attached hydrogen (secondary N) is 1. The number of carboxylic acid groups (broad SMARTS) is 1. The lowest BCUT2D eigenvalue weighted by atomic mass is 10.2. The molecule has 0 aliphatic rings. The van der Waals surface area contributed by atoms with Crippen molar-refractivity contribution in [1.82, 2.24) is 10.3 Å². The number of amides is 1. The fourth-order valence-electron chi connectivity index (χ4n) is 1.78. The first-order valence-electron chi connectivity index (χ1n) is 6.32. The number of ether oxygens (including phenoxy) is 2. The largest absolute Gasteiger partial charge is 0.496 e. The van der Waals surface area contributed by atoms with Crippen molar-refractivity contribution >= 4 is 11.9 Å². The van der Waals surface area contributed by atoms with E-state index in [-0.39, 0.29) is 22.9 Å². The molecule has 1 aromatic carbocycles. The highest BCUT2D eigenvalue weighted by molar-refractivity contribution is 5.92. The number of methoxy groups -OCH3 is 1. The molecule has 0 fully saturated rings. The molecular formula is C15H14N2O5. The van der Waals surface area contributed by atoms with E-state index < -0.39 is 5.97 Å². The van der Waals surface area contributed by atoms with E-state index in [0.717, 1.165) is 0 Å². The van der Waals surface area contributed by atoms with Gasteiger partial charge in [0.1, 0.15) is 28.5 Å². The number of carbonyl (C=O) groups excluding carboxylic acids is 1. The fraction of sp³-hybridized carbons (Fsp3) is 0.133. The average molecular weight is 302 g/mol. The predicted molar refractivity (Wildman–Crippen MR) is 77.7 cm³/mol. The zero-order chi connectivity index (χ0) is 16.1. The Morgan fingerprint density at radius 1 is 1.18 bits per heavy atom. The predicted octanol–water partition coefficient (Wildman–Crippen LogP) is 1.94. The number of nitrogens with zero attached hydrogens (tertiary/aromatic N) is 1. The van der Waals surface area contributed by atoms with Crippen LogP contribution in [-0.2, 0) is 0 Å². The third-order valence-corrected chi connectivity index (χ3v) is 2.83. The van der Waals surface area contributed by atoms with Gasteiger partial charge in [-0.2, -0.15) is 0 Å². The molecule has 1 amide bonds. The molecule has 22 heavy (non-hydrogen) atoms. The molecule has 0 saturated heterocycles. The fourth-order valence-corrected chi connectivity index (χ4v) is 1.78. The Balaban J connectivity index is 2.29. The molecule has 0 spiro atoms. The second-order valence-corrected chi connectivity index (χ2v) is 4.23. The molecule has 1 heterocycles. The highest BCUT2D eigenvalue weighted by Crippen LogP contribution is 2.27. The second kappa shape index (κ2) is 6.57. The molecule has 0 atom stereocenters. The van der Waals surface area contributed by atoms with Crippen LogP contribution in [0, 0.1) is 0 Å². The summed E-state index contributed by atoms with van der Waals surface area (Å²) in [7, 11) is 2.89. The molecule has 2 aromatic rings. The van der Waals surface area contributed by atoms with E-state index in [9.17, 15) is 9.59 Å².